The SMILES string of the molecule is Nc1nc(N[C@@H](CO)c2ccccc2)c2cc(C(=O)O)ccc2n1. The molecule has 122 valence electrons. The Morgan fingerprint density at radius 2 is 1.92 bits per heavy atom. The van der Waals surface area contributed by atoms with Crippen molar-refractivity contribution in [1.82, 2.24) is 9.97 Å². The fourth-order valence-corrected chi connectivity index (χ4v) is 2.47. The molecule has 7 heteroatoms. The van der Waals surface area contributed by atoms with Gasteiger partial charge >= 0.3 is 5.97 Å². The normalized spacial score (nSPS) is 12.0. The number of hydrogen-bond acceptors (Lipinski definition) is 6. The van der Waals surface area contributed by atoms with Gasteiger partial charge in [-0.05, 0) is 23.8 Å². The predicted molar refractivity (Wildman–Crippen MR) is 90.8 cm³/mol. The van der Waals surface area contributed by atoms with Gasteiger partial charge in [-0.1, -0.05) is 30.3 Å². The number of benzene rings is 2. The molecule has 3 aromatic rings. The largest absolute Gasteiger partial charge is 0.478 e. The molecule has 3 rings (SSSR count). The standard InChI is InChI=1S/C17H16N4O3/c18-17-20-13-7-6-11(16(23)24)8-12(13)15(21-17)19-14(9-22)10-4-2-1-3-5-10/h1-8,14,22H,9H2,(H,23,24)(H3,18,19,20,21)/t14-/m0/s1. The lowest BCUT2D eigenvalue weighted by Gasteiger charge is -2.18. The number of aliphatic hydroxyl groups is 1. The van der Waals surface area contributed by atoms with E-state index in [0.29, 0.717) is 16.7 Å². The fraction of sp³-hybridized carbons (Fsp3) is 0.118. The van der Waals surface area contributed by atoms with Crippen molar-refractivity contribution in [3.8, 4) is 0 Å². The second-order valence-corrected chi connectivity index (χ2v) is 5.26. The van der Waals surface area contributed by atoms with E-state index < -0.39 is 12.0 Å². The zero-order valence-corrected chi connectivity index (χ0v) is 12.7. The number of fused-ring (bicyclic) bond motifs is 1. The number of nitrogen functional groups attached to an aromatic ring is 1. The number of aliphatic hydroxyl groups excluding tert-OH is 1. The Hall–Kier alpha value is -3.19. The van der Waals surface area contributed by atoms with E-state index in [4.69, 9.17) is 10.8 Å². The van der Waals surface area contributed by atoms with E-state index in [0.717, 1.165) is 5.56 Å². The van der Waals surface area contributed by atoms with Crippen LogP contribution in [0.3, 0.4) is 0 Å². The summed E-state index contributed by atoms with van der Waals surface area (Å²) in [4.78, 5) is 19.5. The van der Waals surface area contributed by atoms with E-state index >= 15 is 0 Å². The van der Waals surface area contributed by atoms with Gasteiger partial charge in [0.2, 0.25) is 5.95 Å². The molecule has 0 aliphatic carbocycles. The van der Waals surface area contributed by atoms with Crippen LogP contribution >= 0.6 is 0 Å². The van der Waals surface area contributed by atoms with E-state index in [1.165, 1.54) is 12.1 Å². The molecule has 0 saturated heterocycles. The Balaban J connectivity index is 2.07. The van der Waals surface area contributed by atoms with Gasteiger partial charge in [-0.15, -0.1) is 0 Å². The number of nitrogens with zero attached hydrogens (tertiary/aromatic N) is 2. The molecule has 0 aliphatic rings. The molecule has 0 aliphatic heterocycles. The van der Waals surface area contributed by atoms with E-state index in [-0.39, 0.29) is 18.1 Å². The molecule has 0 fully saturated rings. The number of aromatic nitrogens is 2. The minimum atomic E-state index is -1.04. The highest BCUT2D eigenvalue weighted by Crippen LogP contribution is 2.26. The molecule has 7 nitrogen and oxygen atoms in total. The number of carbonyl (C=O) groups is 1. The topological polar surface area (TPSA) is 121 Å². The van der Waals surface area contributed by atoms with Crippen LogP contribution in [0.15, 0.2) is 48.5 Å². The molecule has 24 heavy (non-hydrogen) atoms. The fourth-order valence-electron chi connectivity index (χ4n) is 2.47. The lowest BCUT2D eigenvalue weighted by atomic mass is 10.1. The molecule has 0 saturated carbocycles. The summed E-state index contributed by atoms with van der Waals surface area (Å²) in [6.45, 7) is -0.159. The van der Waals surface area contributed by atoms with Gasteiger partial charge < -0.3 is 21.3 Å². The van der Waals surface area contributed by atoms with Crippen molar-refractivity contribution in [3.05, 3.63) is 59.7 Å². The maximum atomic E-state index is 11.2. The Morgan fingerprint density at radius 1 is 1.17 bits per heavy atom. The minimum absolute atomic E-state index is 0.0674. The van der Waals surface area contributed by atoms with Gasteiger partial charge in [0, 0.05) is 5.39 Å². The van der Waals surface area contributed by atoms with Gasteiger partial charge in [-0.25, -0.2) is 9.78 Å². The summed E-state index contributed by atoms with van der Waals surface area (Å²) in [5.74, 6) is -0.595. The first-order valence-corrected chi connectivity index (χ1v) is 7.31. The zero-order valence-electron chi connectivity index (χ0n) is 12.7. The van der Waals surface area contributed by atoms with E-state index in [2.05, 4.69) is 15.3 Å². The number of nitrogens with two attached hydrogens (primary N) is 1. The molecule has 0 bridgehead atoms. The molecular weight excluding hydrogens is 308 g/mol. The molecule has 5 N–H and O–H groups in total. The van der Waals surface area contributed by atoms with Crippen molar-refractivity contribution in [2.75, 3.05) is 17.7 Å². The van der Waals surface area contributed by atoms with Gasteiger partial charge in [-0.2, -0.15) is 4.98 Å². The first kappa shape index (κ1) is 15.7. The number of anilines is 2. The van der Waals surface area contributed by atoms with Crippen LogP contribution in [0.25, 0.3) is 10.9 Å². The first-order valence-electron chi connectivity index (χ1n) is 7.31. The number of rotatable bonds is 5. The second-order valence-electron chi connectivity index (χ2n) is 5.26. The molecule has 1 heterocycles. The minimum Gasteiger partial charge on any atom is -0.478 e. The molecule has 0 radical (unpaired) electrons. The Morgan fingerprint density at radius 3 is 2.58 bits per heavy atom. The highest BCUT2D eigenvalue weighted by molar-refractivity contribution is 5.97. The molecule has 0 spiro atoms. The smallest absolute Gasteiger partial charge is 0.335 e. The quantitative estimate of drug-likeness (QED) is 0.566. The first-order chi connectivity index (χ1) is 11.6. The van der Waals surface area contributed by atoms with Crippen LogP contribution in [0, 0.1) is 0 Å². The molecule has 0 unspecified atom stereocenters. The highest BCUT2D eigenvalue weighted by atomic mass is 16.4. The number of carboxylic acid groups (broad SMARTS) is 1. The van der Waals surface area contributed by atoms with Crippen molar-refractivity contribution in [1.29, 1.82) is 0 Å². The van der Waals surface area contributed by atoms with Gasteiger partial charge in [0.15, 0.2) is 0 Å². The van der Waals surface area contributed by atoms with Crippen molar-refractivity contribution in [2.45, 2.75) is 6.04 Å². The van der Waals surface area contributed by atoms with Crippen LogP contribution in [-0.2, 0) is 0 Å². The second kappa shape index (κ2) is 6.51. The summed E-state index contributed by atoms with van der Waals surface area (Å²) in [5.41, 5.74) is 7.26. The van der Waals surface area contributed by atoms with Gasteiger partial charge in [0.25, 0.3) is 0 Å². The van der Waals surface area contributed by atoms with E-state index in [9.17, 15) is 9.90 Å². The van der Waals surface area contributed by atoms with Gasteiger partial charge in [-0.3, -0.25) is 0 Å². The summed E-state index contributed by atoms with van der Waals surface area (Å²) in [6.07, 6.45) is 0. The molecule has 0 amide bonds. The average Bonchev–Trinajstić information content (AvgIpc) is 2.59. The molecule has 2 aromatic carbocycles. The predicted octanol–water partition coefficient (Wildman–Crippen LogP) is 2.06. The summed E-state index contributed by atoms with van der Waals surface area (Å²) >= 11 is 0. The lowest BCUT2D eigenvalue weighted by Crippen LogP contribution is -2.16. The lowest BCUT2D eigenvalue weighted by molar-refractivity contribution is 0.0697. The summed E-state index contributed by atoms with van der Waals surface area (Å²) in [7, 11) is 0. The summed E-state index contributed by atoms with van der Waals surface area (Å²) in [5, 5.41) is 22.5. The third-order valence-electron chi connectivity index (χ3n) is 3.66. The molecule has 1 aromatic heterocycles. The van der Waals surface area contributed by atoms with Crippen LogP contribution in [0.1, 0.15) is 22.0 Å². The van der Waals surface area contributed by atoms with Crippen molar-refractivity contribution < 1.29 is 15.0 Å². The van der Waals surface area contributed by atoms with Crippen LogP contribution in [-0.4, -0.2) is 32.8 Å². The Kier molecular flexibility index (Phi) is 4.26. The van der Waals surface area contributed by atoms with Crippen molar-refractivity contribution in [3.63, 3.8) is 0 Å². The van der Waals surface area contributed by atoms with E-state index in [1.54, 1.807) is 6.07 Å². The Labute approximate surface area is 137 Å². The van der Waals surface area contributed by atoms with Crippen LogP contribution in [0.2, 0.25) is 0 Å². The van der Waals surface area contributed by atoms with Crippen LogP contribution in [0.5, 0.6) is 0 Å². The van der Waals surface area contributed by atoms with E-state index in [1.807, 2.05) is 30.3 Å². The van der Waals surface area contributed by atoms with Crippen molar-refractivity contribution >= 4 is 28.6 Å². The van der Waals surface area contributed by atoms with Crippen LogP contribution in [0.4, 0.5) is 11.8 Å². The molecular formula is C17H16N4O3. The highest BCUT2D eigenvalue weighted by Gasteiger charge is 2.15. The number of carboxylic acids is 1. The number of hydrogen-bond donors (Lipinski definition) is 4. The van der Waals surface area contributed by atoms with Crippen molar-refractivity contribution in [2.24, 2.45) is 0 Å². The third-order valence-corrected chi connectivity index (χ3v) is 3.66. The van der Waals surface area contributed by atoms with Gasteiger partial charge in [0.1, 0.15) is 5.82 Å². The maximum Gasteiger partial charge on any atom is 0.335 e. The molecule has 1 atom stereocenters. The monoisotopic (exact) mass is 324 g/mol. The van der Waals surface area contributed by atoms with Gasteiger partial charge in [0.05, 0.1) is 23.7 Å². The maximum absolute atomic E-state index is 11.2. The average molecular weight is 324 g/mol. The number of nitrogens with one attached hydrogen (secondary N) is 1. The Bertz CT molecular complexity index is 884. The summed E-state index contributed by atoms with van der Waals surface area (Å²) < 4.78 is 0. The third kappa shape index (κ3) is 3.11. The zero-order chi connectivity index (χ0) is 17.1. The van der Waals surface area contributed by atoms with Crippen LogP contribution < -0.4 is 11.1 Å². The number of aromatic carboxylic acids is 1. The summed E-state index contributed by atoms with van der Waals surface area (Å²) in [6, 6.07) is 13.5.